The standard InChI is InChI=1S/C21H28N2O3/c1-4-17(24)18-19(14-10-12-15(13-11-14)22(2)3)23(21(26)20(18)25)16-8-6-5-7-9-16/h10-13,16,19,25H,4-9H2,1-3H3. The van der Waals surface area contributed by atoms with Crippen LogP contribution in [0.5, 0.6) is 0 Å². The van der Waals surface area contributed by atoms with Gasteiger partial charge >= 0.3 is 0 Å². The Hall–Kier alpha value is -2.30. The van der Waals surface area contributed by atoms with Gasteiger partial charge in [-0.05, 0) is 30.5 Å². The second-order valence-electron chi connectivity index (χ2n) is 7.43. The Kier molecular flexibility index (Phi) is 5.35. The Balaban J connectivity index is 2.03. The highest BCUT2D eigenvalue weighted by molar-refractivity contribution is 6.09. The molecule has 1 aromatic rings. The van der Waals surface area contributed by atoms with Crippen molar-refractivity contribution in [1.29, 1.82) is 0 Å². The highest BCUT2D eigenvalue weighted by Crippen LogP contribution is 2.42. The van der Waals surface area contributed by atoms with Crippen LogP contribution in [0.25, 0.3) is 0 Å². The summed E-state index contributed by atoms with van der Waals surface area (Å²) in [6.45, 7) is 1.77. The van der Waals surface area contributed by atoms with Crippen LogP contribution in [0.1, 0.15) is 57.1 Å². The van der Waals surface area contributed by atoms with E-state index in [0.29, 0.717) is 0 Å². The largest absolute Gasteiger partial charge is 0.503 e. The maximum atomic E-state index is 12.9. The van der Waals surface area contributed by atoms with E-state index in [4.69, 9.17) is 0 Å². The first-order chi connectivity index (χ1) is 12.5. The van der Waals surface area contributed by atoms with Crippen molar-refractivity contribution < 1.29 is 14.7 Å². The molecular weight excluding hydrogens is 328 g/mol. The molecule has 2 aliphatic rings. The number of Topliss-reactive ketones (excluding diaryl/α,β-unsaturated/α-hetero) is 1. The summed E-state index contributed by atoms with van der Waals surface area (Å²) in [6, 6.07) is 7.51. The first-order valence-corrected chi connectivity index (χ1v) is 9.52. The van der Waals surface area contributed by atoms with Gasteiger partial charge in [0.15, 0.2) is 11.5 Å². The average molecular weight is 356 g/mol. The molecule has 1 N–H and O–H groups in total. The molecule has 0 spiro atoms. The summed E-state index contributed by atoms with van der Waals surface area (Å²) in [5, 5.41) is 10.5. The molecular formula is C21H28N2O3. The minimum atomic E-state index is -0.478. The lowest BCUT2D eigenvalue weighted by Crippen LogP contribution is -2.41. The van der Waals surface area contributed by atoms with Crippen molar-refractivity contribution in [3.05, 3.63) is 41.2 Å². The fourth-order valence-corrected chi connectivity index (χ4v) is 4.12. The summed E-state index contributed by atoms with van der Waals surface area (Å²) in [5.74, 6) is -0.907. The van der Waals surface area contributed by atoms with Gasteiger partial charge in [0.2, 0.25) is 0 Å². The third-order valence-electron chi connectivity index (χ3n) is 5.56. The van der Waals surface area contributed by atoms with Crippen molar-refractivity contribution in [3.63, 3.8) is 0 Å². The van der Waals surface area contributed by atoms with Crippen molar-refractivity contribution in [2.45, 2.75) is 57.5 Å². The van der Waals surface area contributed by atoms with Crippen LogP contribution < -0.4 is 4.90 Å². The van der Waals surface area contributed by atoms with E-state index in [-0.39, 0.29) is 29.6 Å². The van der Waals surface area contributed by atoms with E-state index in [0.717, 1.165) is 36.9 Å². The molecule has 0 aromatic heterocycles. The van der Waals surface area contributed by atoms with Gasteiger partial charge in [-0.3, -0.25) is 9.59 Å². The van der Waals surface area contributed by atoms with Gasteiger partial charge in [0, 0.05) is 32.2 Å². The van der Waals surface area contributed by atoms with Gasteiger partial charge in [0.25, 0.3) is 5.91 Å². The fraction of sp³-hybridized carbons (Fsp3) is 0.524. The number of ketones is 1. The summed E-state index contributed by atoms with van der Waals surface area (Å²) in [5.41, 5.74) is 2.20. The number of rotatable bonds is 5. The first-order valence-electron chi connectivity index (χ1n) is 9.52. The van der Waals surface area contributed by atoms with Crippen LogP contribution in [0.2, 0.25) is 0 Å². The van der Waals surface area contributed by atoms with Crippen LogP contribution in [0.4, 0.5) is 5.69 Å². The Morgan fingerprint density at radius 2 is 1.77 bits per heavy atom. The molecule has 1 unspecified atom stereocenters. The molecule has 1 heterocycles. The van der Waals surface area contributed by atoms with E-state index in [9.17, 15) is 14.7 Å². The van der Waals surface area contributed by atoms with E-state index >= 15 is 0 Å². The number of nitrogens with zero attached hydrogens (tertiary/aromatic N) is 2. The summed E-state index contributed by atoms with van der Waals surface area (Å²) in [4.78, 5) is 29.2. The smallest absolute Gasteiger partial charge is 0.290 e. The number of hydrogen-bond acceptors (Lipinski definition) is 4. The van der Waals surface area contributed by atoms with Crippen molar-refractivity contribution >= 4 is 17.4 Å². The van der Waals surface area contributed by atoms with Crippen LogP contribution in [0.15, 0.2) is 35.6 Å². The van der Waals surface area contributed by atoms with Crippen LogP contribution in [0, 0.1) is 0 Å². The number of amides is 1. The van der Waals surface area contributed by atoms with Gasteiger partial charge in [-0.25, -0.2) is 0 Å². The number of anilines is 1. The summed E-state index contributed by atoms with van der Waals surface area (Å²) in [7, 11) is 3.94. The Morgan fingerprint density at radius 3 is 2.31 bits per heavy atom. The maximum Gasteiger partial charge on any atom is 0.290 e. The molecule has 26 heavy (non-hydrogen) atoms. The topological polar surface area (TPSA) is 60.9 Å². The third-order valence-corrected chi connectivity index (χ3v) is 5.56. The zero-order valence-corrected chi connectivity index (χ0v) is 15.9. The van der Waals surface area contributed by atoms with Crippen LogP contribution in [0.3, 0.4) is 0 Å². The monoisotopic (exact) mass is 356 g/mol. The van der Waals surface area contributed by atoms with Crippen molar-refractivity contribution in [2.75, 3.05) is 19.0 Å². The third kappa shape index (κ3) is 3.22. The predicted molar refractivity (Wildman–Crippen MR) is 102 cm³/mol. The van der Waals surface area contributed by atoms with Gasteiger partial charge in [0.1, 0.15) is 0 Å². The molecule has 1 amide bonds. The highest BCUT2D eigenvalue weighted by atomic mass is 16.3. The number of aliphatic hydroxyl groups is 1. The lowest BCUT2D eigenvalue weighted by molar-refractivity contribution is -0.132. The number of benzene rings is 1. The lowest BCUT2D eigenvalue weighted by Gasteiger charge is -2.36. The number of hydrogen-bond donors (Lipinski definition) is 1. The average Bonchev–Trinajstić information content (AvgIpc) is 2.93. The van der Waals surface area contributed by atoms with Gasteiger partial charge in [-0.15, -0.1) is 0 Å². The normalized spacial score (nSPS) is 21.4. The maximum absolute atomic E-state index is 12.9. The molecule has 3 rings (SSSR count). The molecule has 5 nitrogen and oxygen atoms in total. The SMILES string of the molecule is CCC(=O)C1=C(O)C(=O)N(C2CCCCC2)C1c1ccc(N(C)C)cc1. The minimum Gasteiger partial charge on any atom is -0.503 e. The molecule has 140 valence electrons. The second kappa shape index (κ2) is 7.52. The van der Waals surface area contributed by atoms with Crippen LogP contribution in [-0.4, -0.2) is 41.8 Å². The summed E-state index contributed by atoms with van der Waals surface area (Å²) in [6.07, 6.45) is 5.48. The van der Waals surface area contributed by atoms with E-state index in [1.54, 1.807) is 11.8 Å². The highest BCUT2D eigenvalue weighted by Gasteiger charge is 2.45. The Bertz CT molecular complexity index is 715. The zero-order chi connectivity index (χ0) is 18.8. The zero-order valence-electron chi connectivity index (χ0n) is 15.9. The second-order valence-corrected chi connectivity index (χ2v) is 7.43. The molecule has 0 radical (unpaired) electrons. The summed E-state index contributed by atoms with van der Waals surface area (Å²) >= 11 is 0. The molecule has 1 aromatic carbocycles. The van der Waals surface area contributed by atoms with Crippen molar-refractivity contribution in [1.82, 2.24) is 4.90 Å². The van der Waals surface area contributed by atoms with E-state index in [1.807, 2.05) is 43.3 Å². The molecule has 5 heteroatoms. The Morgan fingerprint density at radius 1 is 1.15 bits per heavy atom. The quantitative estimate of drug-likeness (QED) is 0.873. The van der Waals surface area contributed by atoms with Gasteiger partial charge in [0.05, 0.1) is 11.6 Å². The molecule has 1 atom stereocenters. The van der Waals surface area contributed by atoms with Gasteiger partial charge in [-0.1, -0.05) is 38.3 Å². The van der Waals surface area contributed by atoms with Crippen molar-refractivity contribution in [3.8, 4) is 0 Å². The molecule has 1 fully saturated rings. The molecule has 0 saturated heterocycles. The van der Waals surface area contributed by atoms with E-state index < -0.39 is 11.9 Å². The minimum absolute atomic E-state index is 0.0825. The van der Waals surface area contributed by atoms with E-state index in [2.05, 4.69) is 0 Å². The van der Waals surface area contributed by atoms with Crippen LogP contribution in [-0.2, 0) is 9.59 Å². The van der Waals surface area contributed by atoms with Crippen LogP contribution >= 0.6 is 0 Å². The predicted octanol–water partition coefficient (Wildman–Crippen LogP) is 3.76. The van der Waals surface area contributed by atoms with Gasteiger partial charge in [-0.2, -0.15) is 0 Å². The lowest BCUT2D eigenvalue weighted by atomic mass is 9.90. The number of carbonyl (C=O) groups is 2. The molecule has 1 aliphatic heterocycles. The Labute approximate surface area is 155 Å². The number of carbonyl (C=O) groups excluding carboxylic acids is 2. The van der Waals surface area contributed by atoms with Crippen molar-refractivity contribution in [2.24, 2.45) is 0 Å². The summed E-state index contributed by atoms with van der Waals surface area (Å²) < 4.78 is 0. The first kappa shape index (κ1) is 18.5. The fourth-order valence-electron chi connectivity index (χ4n) is 4.12. The molecule has 1 saturated carbocycles. The number of aliphatic hydroxyl groups excluding tert-OH is 1. The molecule has 0 bridgehead atoms. The van der Waals surface area contributed by atoms with E-state index in [1.165, 1.54) is 6.42 Å². The van der Waals surface area contributed by atoms with Gasteiger partial charge < -0.3 is 14.9 Å². The molecule has 1 aliphatic carbocycles.